The summed E-state index contributed by atoms with van der Waals surface area (Å²) in [6.07, 6.45) is 0. The highest BCUT2D eigenvalue weighted by Gasteiger charge is 2.10. The molecule has 0 fully saturated rings. The topological polar surface area (TPSA) is 49.3 Å². The molecule has 0 aliphatic rings. The zero-order chi connectivity index (χ0) is 14.0. The highest BCUT2D eigenvalue weighted by Crippen LogP contribution is 2.25. The number of carboxylic acid groups (broad SMARTS) is 1. The zero-order valence-electron chi connectivity index (χ0n) is 11.3. The Balaban J connectivity index is 2.42. The molecule has 0 aliphatic carbocycles. The van der Waals surface area contributed by atoms with Crippen LogP contribution in [-0.2, 0) is 0 Å². The molecule has 2 N–H and O–H groups in total. The smallest absolute Gasteiger partial charge is 0.337 e. The first-order chi connectivity index (χ1) is 8.97. The fourth-order valence-electron chi connectivity index (χ4n) is 2.05. The molecule has 98 valence electrons. The summed E-state index contributed by atoms with van der Waals surface area (Å²) in [4.78, 5) is 11.2. The number of rotatable bonds is 3. The van der Waals surface area contributed by atoms with Crippen LogP contribution in [0.5, 0.6) is 0 Å². The number of hydrogen-bond acceptors (Lipinski definition) is 2. The maximum absolute atomic E-state index is 11.2. The Bertz CT molecular complexity index is 633. The molecule has 0 saturated carbocycles. The summed E-state index contributed by atoms with van der Waals surface area (Å²) < 4.78 is 0. The van der Waals surface area contributed by atoms with Crippen molar-refractivity contribution in [3.05, 3.63) is 58.7 Å². The predicted octanol–water partition coefficient (Wildman–Crippen LogP) is 4.05. The molecule has 0 aliphatic heterocycles. The van der Waals surface area contributed by atoms with Gasteiger partial charge in [0.25, 0.3) is 0 Å². The van der Waals surface area contributed by atoms with Gasteiger partial charge in [-0.2, -0.15) is 0 Å². The minimum Gasteiger partial charge on any atom is -0.478 e. The van der Waals surface area contributed by atoms with Gasteiger partial charge in [0.15, 0.2) is 0 Å². The molecule has 3 nitrogen and oxygen atoms in total. The molecule has 0 bridgehead atoms. The summed E-state index contributed by atoms with van der Waals surface area (Å²) >= 11 is 0. The molecule has 2 aromatic carbocycles. The van der Waals surface area contributed by atoms with Gasteiger partial charge in [-0.3, -0.25) is 0 Å². The van der Waals surface area contributed by atoms with Crippen LogP contribution >= 0.6 is 0 Å². The van der Waals surface area contributed by atoms with Crippen LogP contribution in [0.3, 0.4) is 0 Å². The van der Waals surface area contributed by atoms with E-state index in [9.17, 15) is 9.90 Å². The van der Waals surface area contributed by atoms with Crippen molar-refractivity contribution in [3.8, 4) is 0 Å². The van der Waals surface area contributed by atoms with Gasteiger partial charge in [-0.1, -0.05) is 23.8 Å². The van der Waals surface area contributed by atoms with Gasteiger partial charge in [-0.15, -0.1) is 0 Å². The summed E-state index contributed by atoms with van der Waals surface area (Å²) in [5.41, 5.74) is 5.14. The Hall–Kier alpha value is -2.29. The van der Waals surface area contributed by atoms with Gasteiger partial charge >= 0.3 is 5.97 Å². The number of nitrogens with one attached hydrogen (secondary N) is 1. The lowest BCUT2D eigenvalue weighted by Gasteiger charge is -2.13. The van der Waals surface area contributed by atoms with Crippen LogP contribution < -0.4 is 5.32 Å². The Kier molecular flexibility index (Phi) is 3.56. The van der Waals surface area contributed by atoms with Crippen molar-refractivity contribution < 1.29 is 9.90 Å². The Morgan fingerprint density at radius 1 is 0.947 bits per heavy atom. The van der Waals surface area contributed by atoms with E-state index in [0.717, 1.165) is 16.8 Å². The molecule has 0 spiro atoms. The maximum Gasteiger partial charge on any atom is 0.337 e. The third kappa shape index (κ3) is 2.94. The Labute approximate surface area is 112 Å². The maximum atomic E-state index is 11.2. The first-order valence-electron chi connectivity index (χ1n) is 6.15. The van der Waals surface area contributed by atoms with Crippen LogP contribution in [-0.4, -0.2) is 11.1 Å². The lowest BCUT2D eigenvalue weighted by atomic mass is 10.1. The monoisotopic (exact) mass is 255 g/mol. The third-order valence-corrected chi connectivity index (χ3v) is 3.06. The van der Waals surface area contributed by atoms with Crippen LogP contribution in [0.4, 0.5) is 11.4 Å². The van der Waals surface area contributed by atoms with Gasteiger partial charge in [-0.05, 0) is 50.1 Å². The number of carbonyl (C=O) groups is 1. The number of carboxylic acids is 1. The number of aryl methyl sites for hydroxylation is 3. The lowest BCUT2D eigenvalue weighted by molar-refractivity contribution is 0.0698. The standard InChI is InChI=1S/C16H17NO2/c1-10-5-7-14(12(3)8-10)17-15-9-11(2)4-6-13(15)16(18)19/h4-9,17H,1-3H3,(H,18,19). The predicted molar refractivity (Wildman–Crippen MR) is 77.3 cm³/mol. The van der Waals surface area contributed by atoms with Crippen molar-refractivity contribution >= 4 is 17.3 Å². The minimum atomic E-state index is -0.924. The van der Waals surface area contributed by atoms with Crippen LogP contribution in [0.15, 0.2) is 36.4 Å². The molecule has 0 amide bonds. The summed E-state index contributed by atoms with van der Waals surface area (Å²) in [5, 5.41) is 12.4. The third-order valence-electron chi connectivity index (χ3n) is 3.06. The van der Waals surface area contributed by atoms with E-state index in [1.807, 2.05) is 39.0 Å². The second-order valence-electron chi connectivity index (χ2n) is 4.80. The highest BCUT2D eigenvalue weighted by atomic mass is 16.4. The summed E-state index contributed by atoms with van der Waals surface area (Å²) in [6.45, 7) is 5.98. The van der Waals surface area contributed by atoms with Gasteiger partial charge in [-0.25, -0.2) is 4.79 Å². The molecule has 0 unspecified atom stereocenters. The Morgan fingerprint density at radius 2 is 1.58 bits per heavy atom. The summed E-state index contributed by atoms with van der Waals surface area (Å²) in [6, 6.07) is 11.3. The van der Waals surface area contributed by atoms with Crippen molar-refractivity contribution in [2.45, 2.75) is 20.8 Å². The molecule has 0 atom stereocenters. The summed E-state index contributed by atoms with van der Waals surface area (Å²) in [7, 11) is 0. The second-order valence-corrected chi connectivity index (χ2v) is 4.80. The van der Waals surface area contributed by atoms with Gasteiger partial charge < -0.3 is 10.4 Å². The quantitative estimate of drug-likeness (QED) is 0.869. The van der Waals surface area contributed by atoms with Gasteiger partial charge in [0.1, 0.15) is 0 Å². The van der Waals surface area contributed by atoms with E-state index in [-0.39, 0.29) is 5.56 Å². The van der Waals surface area contributed by atoms with Crippen molar-refractivity contribution in [2.24, 2.45) is 0 Å². The van der Waals surface area contributed by atoms with E-state index >= 15 is 0 Å². The van der Waals surface area contributed by atoms with E-state index < -0.39 is 5.97 Å². The van der Waals surface area contributed by atoms with Crippen LogP contribution in [0.1, 0.15) is 27.0 Å². The number of hydrogen-bond donors (Lipinski definition) is 2. The van der Waals surface area contributed by atoms with E-state index in [1.54, 1.807) is 12.1 Å². The Morgan fingerprint density at radius 3 is 2.21 bits per heavy atom. The fraction of sp³-hybridized carbons (Fsp3) is 0.188. The average molecular weight is 255 g/mol. The van der Waals surface area contributed by atoms with Crippen molar-refractivity contribution in [2.75, 3.05) is 5.32 Å². The lowest BCUT2D eigenvalue weighted by Crippen LogP contribution is -2.03. The van der Waals surface area contributed by atoms with Gasteiger partial charge in [0.05, 0.1) is 11.3 Å². The number of aromatic carboxylic acids is 1. The normalized spacial score (nSPS) is 10.3. The summed E-state index contributed by atoms with van der Waals surface area (Å²) in [5.74, 6) is -0.924. The zero-order valence-corrected chi connectivity index (χ0v) is 11.3. The van der Waals surface area contributed by atoms with E-state index in [1.165, 1.54) is 5.56 Å². The van der Waals surface area contributed by atoms with E-state index in [0.29, 0.717) is 5.69 Å². The molecule has 0 aromatic heterocycles. The molecule has 2 aromatic rings. The minimum absolute atomic E-state index is 0.283. The largest absolute Gasteiger partial charge is 0.478 e. The molecule has 0 radical (unpaired) electrons. The first-order valence-corrected chi connectivity index (χ1v) is 6.15. The van der Waals surface area contributed by atoms with E-state index in [2.05, 4.69) is 11.4 Å². The fourth-order valence-corrected chi connectivity index (χ4v) is 2.05. The van der Waals surface area contributed by atoms with Gasteiger partial charge in [0.2, 0.25) is 0 Å². The van der Waals surface area contributed by atoms with Crippen LogP contribution in [0.2, 0.25) is 0 Å². The van der Waals surface area contributed by atoms with Crippen molar-refractivity contribution in [1.29, 1.82) is 0 Å². The molecular weight excluding hydrogens is 238 g/mol. The second kappa shape index (κ2) is 5.14. The van der Waals surface area contributed by atoms with Crippen LogP contribution in [0.25, 0.3) is 0 Å². The number of anilines is 2. The van der Waals surface area contributed by atoms with Crippen LogP contribution in [0, 0.1) is 20.8 Å². The average Bonchev–Trinajstić information content (AvgIpc) is 2.32. The van der Waals surface area contributed by atoms with E-state index in [4.69, 9.17) is 0 Å². The SMILES string of the molecule is Cc1ccc(Nc2cc(C)ccc2C(=O)O)c(C)c1. The molecule has 0 saturated heterocycles. The highest BCUT2D eigenvalue weighted by molar-refractivity contribution is 5.95. The molecule has 3 heteroatoms. The van der Waals surface area contributed by atoms with Gasteiger partial charge in [0, 0.05) is 5.69 Å². The molecular formula is C16H17NO2. The van der Waals surface area contributed by atoms with Crippen molar-refractivity contribution in [3.63, 3.8) is 0 Å². The first kappa shape index (κ1) is 13.1. The van der Waals surface area contributed by atoms with Crippen molar-refractivity contribution in [1.82, 2.24) is 0 Å². The molecule has 2 rings (SSSR count). The number of benzene rings is 2. The molecule has 0 heterocycles. The molecule has 19 heavy (non-hydrogen) atoms.